The maximum absolute atomic E-state index is 13.7. The van der Waals surface area contributed by atoms with E-state index in [1.807, 2.05) is 0 Å². The Labute approximate surface area is 227 Å². The molecule has 2 aliphatic rings. The summed E-state index contributed by atoms with van der Waals surface area (Å²) in [6.45, 7) is 7.11. The third-order valence-electron chi connectivity index (χ3n) is 6.13. The molecule has 0 aromatic heterocycles. The summed E-state index contributed by atoms with van der Waals surface area (Å²) < 4.78 is 16.2. The Morgan fingerprint density at radius 1 is 1.10 bits per heavy atom. The highest BCUT2D eigenvalue weighted by Gasteiger charge is 2.67. The van der Waals surface area contributed by atoms with Crippen LogP contribution in [0.5, 0.6) is 0 Å². The number of hydrogen-bond donors (Lipinski definition) is 0. The molecule has 4 rings (SSSR count). The van der Waals surface area contributed by atoms with E-state index in [1.54, 1.807) is 60.7 Å². The van der Waals surface area contributed by atoms with Crippen molar-refractivity contribution in [3.05, 3.63) is 83.2 Å². The van der Waals surface area contributed by atoms with E-state index in [4.69, 9.17) is 37.4 Å². The molecule has 0 aliphatic carbocycles. The standard InChI is InChI=1S/C26H22ClN3O9/c1-17(31)29(27)24(35)36-15-25(28-2)16-37-30(22(25)33)26(14-13-20(32)39-26)23(34)38-21(18-9-5-3-6-10-18)19-11-7-4-8-12-19/h3-12,21H,13-16H2,1H3. The molecule has 2 heterocycles. The smallest absolute Gasteiger partial charge is 0.432 e. The van der Waals surface area contributed by atoms with Crippen LogP contribution in [-0.2, 0) is 38.2 Å². The number of ether oxygens (including phenoxy) is 3. The molecule has 2 atom stereocenters. The summed E-state index contributed by atoms with van der Waals surface area (Å²) in [7, 11) is 0. The van der Waals surface area contributed by atoms with Crippen LogP contribution in [0.4, 0.5) is 4.79 Å². The molecule has 2 saturated heterocycles. The molecule has 2 aliphatic heterocycles. The first-order chi connectivity index (χ1) is 18.6. The highest BCUT2D eigenvalue weighted by Crippen LogP contribution is 2.40. The van der Waals surface area contributed by atoms with Gasteiger partial charge in [0, 0.05) is 25.1 Å². The minimum Gasteiger partial charge on any atom is -0.448 e. The minimum atomic E-state index is -2.33. The number of carbonyl (C=O) groups is 5. The van der Waals surface area contributed by atoms with Gasteiger partial charge in [0.05, 0.1) is 6.42 Å². The number of nitrogens with zero attached hydrogens (tertiary/aromatic N) is 3. The fourth-order valence-corrected chi connectivity index (χ4v) is 4.09. The molecule has 202 valence electrons. The number of hydrogen-bond acceptors (Lipinski definition) is 9. The molecule has 2 aromatic carbocycles. The quantitative estimate of drug-likeness (QED) is 0.219. The van der Waals surface area contributed by atoms with Gasteiger partial charge in [-0.2, -0.15) is 9.48 Å². The van der Waals surface area contributed by atoms with Crippen molar-refractivity contribution in [2.45, 2.75) is 37.1 Å². The van der Waals surface area contributed by atoms with E-state index < -0.39 is 60.4 Å². The van der Waals surface area contributed by atoms with E-state index in [0.717, 1.165) is 6.92 Å². The second-order valence-electron chi connectivity index (χ2n) is 8.74. The van der Waals surface area contributed by atoms with Gasteiger partial charge in [-0.05, 0) is 11.1 Å². The predicted molar refractivity (Wildman–Crippen MR) is 131 cm³/mol. The Balaban J connectivity index is 1.62. The van der Waals surface area contributed by atoms with Gasteiger partial charge in [-0.15, -0.1) is 0 Å². The third kappa shape index (κ3) is 5.27. The highest BCUT2D eigenvalue weighted by molar-refractivity contribution is 6.28. The fraction of sp³-hybridized carbons (Fsp3) is 0.308. The first-order valence-electron chi connectivity index (χ1n) is 11.7. The molecule has 2 aromatic rings. The highest BCUT2D eigenvalue weighted by atomic mass is 35.5. The molecule has 0 radical (unpaired) electrons. The van der Waals surface area contributed by atoms with Crippen LogP contribution in [0.25, 0.3) is 4.85 Å². The van der Waals surface area contributed by atoms with Crippen LogP contribution in [-0.4, -0.2) is 63.8 Å². The van der Waals surface area contributed by atoms with Crippen LogP contribution in [0.2, 0.25) is 0 Å². The van der Waals surface area contributed by atoms with Crippen molar-refractivity contribution in [2.75, 3.05) is 13.2 Å². The lowest BCUT2D eigenvalue weighted by Crippen LogP contribution is -2.58. The van der Waals surface area contributed by atoms with E-state index in [2.05, 4.69) is 4.85 Å². The average molecular weight is 556 g/mol. The fourth-order valence-electron chi connectivity index (χ4n) is 4.05. The number of benzene rings is 2. The van der Waals surface area contributed by atoms with Crippen LogP contribution >= 0.6 is 11.8 Å². The number of imide groups is 1. The molecule has 13 heteroatoms. The maximum atomic E-state index is 13.7. The second kappa shape index (κ2) is 11.1. The van der Waals surface area contributed by atoms with Crippen LogP contribution in [0.15, 0.2) is 60.7 Å². The normalized spacial score (nSPS) is 22.3. The summed E-state index contributed by atoms with van der Waals surface area (Å²) >= 11 is 5.52. The van der Waals surface area contributed by atoms with Gasteiger partial charge in [0.1, 0.15) is 0 Å². The van der Waals surface area contributed by atoms with Gasteiger partial charge in [-0.25, -0.2) is 16.2 Å². The van der Waals surface area contributed by atoms with E-state index in [9.17, 15) is 24.0 Å². The Morgan fingerprint density at radius 3 is 2.18 bits per heavy atom. The molecule has 39 heavy (non-hydrogen) atoms. The lowest BCUT2D eigenvalue weighted by molar-refractivity contribution is -0.260. The molecule has 0 spiro atoms. The van der Waals surface area contributed by atoms with E-state index in [1.165, 1.54) is 0 Å². The van der Waals surface area contributed by atoms with Crippen molar-refractivity contribution in [3.63, 3.8) is 0 Å². The van der Waals surface area contributed by atoms with Crippen molar-refractivity contribution < 1.29 is 43.0 Å². The van der Waals surface area contributed by atoms with Crippen molar-refractivity contribution in [2.24, 2.45) is 0 Å². The summed E-state index contributed by atoms with van der Waals surface area (Å²) in [5.41, 5.74) is -3.23. The van der Waals surface area contributed by atoms with Gasteiger partial charge >= 0.3 is 35.2 Å². The summed E-state index contributed by atoms with van der Waals surface area (Å²) in [4.78, 5) is 71.5. The van der Waals surface area contributed by atoms with E-state index in [0.29, 0.717) is 16.2 Å². The lowest BCUT2D eigenvalue weighted by atomic mass is 10.00. The van der Waals surface area contributed by atoms with Crippen molar-refractivity contribution in [1.29, 1.82) is 0 Å². The number of halogens is 1. The monoisotopic (exact) mass is 555 g/mol. The van der Waals surface area contributed by atoms with Gasteiger partial charge in [-0.3, -0.25) is 24.1 Å². The maximum Gasteiger partial charge on any atom is 0.432 e. The molecule has 2 fully saturated rings. The zero-order valence-electron chi connectivity index (χ0n) is 20.6. The zero-order valence-corrected chi connectivity index (χ0v) is 21.3. The SMILES string of the molecule is [C-]#[N+]C1(COC(=O)N(Cl)C(C)=O)CON(C2(C(=O)OC(c3ccccc3)c3ccccc3)CCC(=O)O2)C1=O. The van der Waals surface area contributed by atoms with Crippen LogP contribution < -0.4 is 0 Å². The molecule has 0 bridgehead atoms. The number of amides is 3. The van der Waals surface area contributed by atoms with Crippen LogP contribution in [0.3, 0.4) is 0 Å². The summed E-state index contributed by atoms with van der Waals surface area (Å²) in [5.74, 6) is -3.83. The van der Waals surface area contributed by atoms with Crippen molar-refractivity contribution >= 4 is 41.6 Å². The molecule has 0 saturated carbocycles. The number of esters is 2. The number of cyclic esters (lactones) is 1. The van der Waals surface area contributed by atoms with Gasteiger partial charge in [0.2, 0.25) is 5.91 Å². The Bertz CT molecular complexity index is 1290. The molecule has 2 unspecified atom stereocenters. The van der Waals surface area contributed by atoms with Gasteiger partial charge in [-0.1, -0.05) is 60.7 Å². The van der Waals surface area contributed by atoms with E-state index in [-0.39, 0.29) is 17.3 Å². The number of carbonyl (C=O) groups excluding carboxylic acids is 5. The van der Waals surface area contributed by atoms with Crippen molar-refractivity contribution in [3.8, 4) is 0 Å². The number of hydroxylamine groups is 2. The van der Waals surface area contributed by atoms with Gasteiger partial charge in [0.15, 0.2) is 19.3 Å². The van der Waals surface area contributed by atoms with Crippen LogP contribution in [0, 0.1) is 6.57 Å². The lowest BCUT2D eigenvalue weighted by Gasteiger charge is -2.33. The summed E-state index contributed by atoms with van der Waals surface area (Å²) in [6.07, 6.45) is -2.78. The van der Waals surface area contributed by atoms with Crippen molar-refractivity contribution in [1.82, 2.24) is 9.48 Å². The summed E-state index contributed by atoms with van der Waals surface area (Å²) in [5, 5.41) is 0.503. The predicted octanol–water partition coefficient (Wildman–Crippen LogP) is 2.92. The van der Waals surface area contributed by atoms with E-state index >= 15 is 0 Å². The molecular weight excluding hydrogens is 534 g/mol. The minimum absolute atomic E-state index is 0.139. The van der Waals surface area contributed by atoms with Gasteiger partial charge in [0.25, 0.3) is 0 Å². The Morgan fingerprint density at radius 2 is 1.69 bits per heavy atom. The number of rotatable bonds is 7. The topological polar surface area (TPSA) is 133 Å². The van der Waals surface area contributed by atoms with Crippen LogP contribution in [0.1, 0.15) is 37.0 Å². The largest absolute Gasteiger partial charge is 0.448 e. The average Bonchev–Trinajstić information content (AvgIpc) is 3.51. The molecule has 0 N–H and O–H groups in total. The summed E-state index contributed by atoms with van der Waals surface area (Å²) in [6, 6.07) is 17.6. The zero-order chi connectivity index (χ0) is 28.2. The second-order valence-corrected chi connectivity index (χ2v) is 9.07. The first-order valence-corrected chi connectivity index (χ1v) is 12.0. The van der Waals surface area contributed by atoms with Gasteiger partial charge < -0.3 is 14.2 Å². The molecule has 3 amide bonds. The Hall–Kier alpha value is -4.47. The Kier molecular flexibility index (Phi) is 7.85. The molecule has 12 nitrogen and oxygen atoms in total. The first kappa shape index (κ1) is 27.6. The molecular formula is C26H22ClN3O9. The third-order valence-corrected chi connectivity index (χ3v) is 6.50.